The van der Waals surface area contributed by atoms with Crippen molar-refractivity contribution in [1.82, 2.24) is 18.9 Å². The Labute approximate surface area is 159 Å². The number of rotatable bonds is 4. The van der Waals surface area contributed by atoms with Crippen molar-refractivity contribution >= 4 is 32.5 Å². The molecule has 6 nitrogen and oxygen atoms in total. The topological polar surface area (TPSA) is 77.7 Å². The molecule has 0 radical (unpaired) electrons. The summed E-state index contributed by atoms with van der Waals surface area (Å²) in [5.74, 6) is -3.85. The van der Waals surface area contributed by atoms with Crippen LogP contribution in [-0.2, 0) is 15.9 Å². The van der Waals surface area contributed by atoms with Crippen LogP contribution in [0.2, 0.25) is 5.15 Å². The standard InChI is InChI=1S/C17H15ClF2N4O2S/c1-9-5-13(23-16(22-9)17(2,19)20)12-8-24(27(25,26)10-3-4-10)14-7-21-15(18)6-11(12)14/h5-8,10H,3-4H2,1-2H3. The van der Waals surface area contributed by atoms with Crippen LogP contribution in [0.25, 0.3) is 22.2 Å². The van der Waals surface area contributed by atoms with Crippen LogP contribution in [0.5, 0.6) is 0 Å². The molecule has 0 spiro atoms. The molecule has 0 amide bonds. The third kappa shape index (κ3) is 3.19. The molecular weight excluding hydrogens is 398 g/mol. The van der Waals surface area contributed by atoms with Crippen LogP contribution < -0.4 is 0 Å². The van der Waals surface area contributed by atoms with Gasteiger partial charge in [0, 0.05) is 29.8 Å². The fraction of sp³-hybridized carbons (Fsp3) is 0.353. The predicted molar refractivity (Wildman–Crippen MR) is 97.4 cm³/mol. The summed E-state index contributed by atoms with van der Waals surface area (Å²) in [5.41, 5.74) is 1.27. The minimum atomic E-state index is -3.60. The van der Waals surface area contributed by atoms with Gasteiger partial charge in [-0.15, -0.1) is 0 Å². The first-order valence-electron chi connectivity index (χ1n) is 8.23. The Morgan fingerprint density at radius 1 is 1.26 bits per heavy atom. The molecule has 3 aromatic rings. The van der Waals surface area contributed by atoms with Gasteiger partial charge >= 0.3 is 5.92 Å². The first-order valence-corrected chi connectivity index (χ1v) is 10.1. The molecule has 10 heteroatoms. The molecule has 3 heterocycles. The van der Waals surface area contributed by atoms with Crippen molar-refractivity contribution in [2.24, 2.45) is 0 Å². The molecule has 1 aliphatic carbocycles. The number of halogens is 3. The molecule has 0 atom stereocenters. The molecule has 0 bridgehead atoms. The molecular formula is C17H15ClF2N4O2S. The van der Waals surface area contributed by atoms with Gasteiger partial charge in [0.25, 0.3) is 0 Å². The summed E-state index contributed by atoms with van der Waals surface area (Å²) in [4.78, 5) is 11.7. The fourth-order valence-electron chi connectivity index (χ4n) is 2.91. The molecule has 0 aliphatic heterocycles. The van der Waals surface area contributed by atoms with E-state index in [2.05, 4.69) is 15.0 Å². The Kier molecular flexibility index (Phi) is 4.01. The summed E-state index contributed by atoms with van der Waals surface area (Å²) in [6.45, 7) is 2.29. The van der Waals surface area contributed by atoms with E-state index < -0.39 is 27.0 Å². The number of hydrogen-bond acceptors (Lipinski definition) is 5. The number of fused-ring (bicyclic) bond motifs is 1. The summed E-state index contributed by atoms with van der Waals surface area (Å²) < 4.78 is 54.2. The smallest absolute Gasteiger partial charge is 0.243 e. The molecule has 27 heavy (non-hydrogen) atoms. The van der Waals surface area contributed by atoms with Gasteiger partial charge < -0.3 is 0 Å². The van der Waals surface area contributed by atoms with Gasteiger partial charge in [-0.25, -0.2) is 27.3 Å². The Hall–Kier alpha value is -2.13. The van der Waals surface area contributed by atoms with Gasteiger partial charge in [0.2, 0.25) is 10.0 Å². The lowest BCUT2D eigenvalue weighted by molar-refractivity contribution is 0.00763. The third-order valence-electron chi connectivity index (χ3n) is 4.37. The average molecular weight is 413 g/mol. The van der Waals surface area contributed by atoms with Crippen LogP contribution in [0, 0.1) is 6.92 Å². The summed E-state index contributed by atoms with van der Waals surface area (Å²) >= 11 is 5.99. The SMILES string of the molecule is Cc1cc(-c2cn(S(=O)(=O)C3CC3)c3cnc(Cl)cc23)nc(C(C)(F)F)n1. The number of hydrogen-bond donors (Lipinski definition) is 0. The van der Waals surface area contributed by atoms with E-state index in [9.17, 15) is 17.2 Å². The van der Waals surface area contributed by atoms with Gasteiger partial charge in [0.1, 0.15) is 5.15 Å². The third-order valence-corrected chi connectivity index (χ3v) is 6.74. The van der Waals surface area contributed by atoms with Crippen molar-refractivity contribution in [1.29, 1.82) is 0 Å². The van der Waals surface area contributed by atoms with E-state index in [4.69, 9.17) is 11.6 Å². The number of alkyl halides is 2. The molecule has 1 aliphatic rings. The van der Waals surface area contributed by atoms with Gasteiger partial charge in [-0.2, -0.15) is 8.78 Å². The molecule has 0 N–H and O–H groups in total. The maximum absolute atomic E-state index is 13.8. The maximum Gasteiger partial charge on any atom is 0.303 e. The largest absolute Gasteiger partial charge is 0.303 e. The number of aryl methyl sites for hydroxylation is 1. The van der Waals surface area contributed by atoms with Crippen molar-refractivity contribution in [2.75, 3.05) is 0 Å². The maximum atomic E-state index is 13.8. The van der Waals surface area contributed by atoms with E-state index in [1.54, 1.807) is 6.92 Å². The lowest BCUT2D eigenvalue weighted by Gasteiger charge is -2.11. The Morgan fingerprint density at radius 3 is 2.59 bits per heavy atom. The van der Waals surface area contributed by atoms with E-state index in [0.29, 0.717) is 41.9 Å². The minimum Gasteiger partial charge on any atom is -0.243 e. The number of pyridine rings is 1. The normalized spacial score (nSPS) is 15.4. The van der Waals surface area contributed by atoms with E-state index in [1.165, 1.54) is 24.5 Å². The second-order valence-corrected chi connectivity index (χ2v) is 9.19. The molecule has 0 aromatic carbocycles. The second-order valence-electron chi connectivity index (χ2n) is 6.71. The van der Waals surface area contributed by atoms with Gasteiger partial charge in [0.15, 0.2) is 5.82 Å². The number of aromatic nitrogens is 4. The van der Waals surface area contributed by atoms with Gasteiger partial charge in [-0.3, -0.25) is 0 Å². The van der Waals surface area contributed by atoms with E-state index in [1.807, 2.05) is 0 Å². The lowest BCUT2D eigenvalue weighted by Crippen LogP contribution is -2.16. The van der Waals surface area contributed by atoms with Crippen LogP contribution in [0.3, 0.4) is 0 Å². The highest BCUT2D eigenvalue weighted by Gasteiger charge is 2.38. The van der Waals surface area contributed by atoms with Crippen molar-refractivity contribution in [3.8, 4) is 11.3 Å². The van der Waals surface area contributed by atoms with E-state index in [0.717, 1.165) is 3.97 Å². The van der Waals surface area contributed by atoms with Crippen LogP contribution in [0.1, 0.15) is 31.3 Å². The fourth-order valence-corrected chi connectivity index (χ4v) is 4.80. The zero-order valence-corrected chi connectivity index (χ0v) is 16.0. The Bertz CT molecular complexity index is 1170. The quantitative estimate of drug-likeness (QED) is 0.607. The van der Waals surface area contributed by atoms with Crippen molar-refractivity contribution in [3.05, 3.63) is 41.2 Å². The monoisotopic (exact) mass is 412 g/mol. The molecule has 4 rings (SSSR count). The van der Waals surface area contributed by atoms with Gasteiger partial charge in [-0.05, 0) is 31.9 Å². The zero-order chi connectivity index (χ0) is 19.6. The van der Waals surface area contributed by atoms with Crippen LogP contribution >= 0.6 is 11.6 Å². The highest BCUT2D eigenvalue weighted by atomic mass is 35.5. The lowest BCUT2D eigenvalue weighted by atomic mass is 10.1. The van der Waals surface area contributed by atoms with Gasteiger partial charge in [-0.1, -0.05) is 11.6 Å². The Morgan fingerprint density at radius 2 is 1.96 bits per heavy atom. The highest BCUT2D eigenvalue weighted by Crippen LogP contribution is 2.37. The molecule has 0 saturated heterocycles. The van der Waals surface area contributed by atoms with Gasteiger partial charge in [0.05, 0.1) is 22.7 Å². The Balaban J connectivity index is 2.01. The zero-order valence-electron chi connectivity index (χ0n) is 14.4. The van der Waals surface area contributed by atoms with Crippen molar-refractivity contribution < 1.29 is 17.2 Å². The predicted octanol–water partition coefficient (Wildman–Crippen LogP) is 3.91. The molecule has 3 aromatic heterocycles. The van der Waals surface area contributed by atoms with Crippen LogP contribution in [-0.4, -0.2) is 32.6 Å². The highest BCUT2D eigenvalue weighted by molar-refractivity contribution is 7.91. The molecule has 142 valence electrons. The molecule has 1 fully saturated rings. The van der Waals surface area contributed by atoms with E-state index in [-0.39, 0.29) is 10.8 Å². The van der Waals surface area contributed by atoms with E-state index >= 15 is 0 Å². The second kappa shape index (κ2) is 5.93. The molecule has 0 unspecified atom stereocenters. The molecule has 1 saturated carbocycles. The van der Waals surface area contributed by atoms with Crippen LogP contribution in [0.4, 0.5) is 8.78 Å². The van der Waals surface area contributed by atoms with Crippen LogP contribution in [0.15, 0.2) is 24.5 Å². The summed E-state index contributed by atoms with van der Waals surface area (Å²) in [6.07, 6.45) is 3.95. The first kappa shape index (κ1) is 18.2. The summed E-state index contributed by atoms with van der Waals surface area (Å²) in [6, 6.07) is 3.04. The first-order chi connectivity index (χ1) is 12.6. The van der Waals surface area contributed by atoms with Crippen molar-refractivity contribution in [3.63, 3.8) is 0 Å². The van der Waals surface area contributed by atoms with Crippen molar-refractivity contribution in [2.45, 2.75) is 37.9 Å². The number of nitrogens with zero attached hydrogens (tertiary/aromatic N) is 4. The average Bonchev–Trinajstić information content (AvgIpc) is 3.35. The summed E-state index contributed by atoms with van der Waals surface area (Å²) in [7, 11) is -3.60. The minimum absolute atomic E-state index is 0.164. The summed E-state index contributed by atoms with van der Waals surface area (Å²) in [5, 5.41) is 0.194.